The van der Waals surface area contributed by atoms with E-state index in [4.69, 9.17) is 0 Å². The van der Waals surface area contributed by atoms with Gasteiger partial charge in [-0.25, -0.2) is 9.37 Å². The van der Waals surface area contributed by atoms with Crippen LogP contribution in [-0.2, 0) is 0 Å². The SMILES string of the molecule is O=C(CSc1cnccn1)c1cccc(F)c1. The van der Waals surface area contributed by atoms with Crippen LogP contribution < -0.4 is 0 Å². The van der Waals surface area contributed by atoms with Crippen LogP contribution in [-0.4, -0.2) is 21.5 Å². The fourth-order valence-electron chi connectivity index (χ4n) is 1.24. The summed E-state index contributed by atoms with van der Waals surface area (Å²) in [5.41, 5.74) is 0.376. The lowest BCUT2D eigenvalue weighted by Gasteiger charge is -2.00. The van der Waals surface area contributed by atoms with Crippen molar-refractivity contribution in [3.8, 4) is 0 Å². The van der Waals surface area contributed by atoms with Crippen LogP contribution in [0, 0.1) is 5.82 Å². The normalized spacial score (nSPS) is 10.2. The van der Waals surface area contributed by atoms with E-state index in [0.29, 0.717) is 10.6 Å². The Kier molecular flexibility index (Phi) is 3.82. The zero-order chi connectivity index (χ0) is 12.1. The molecular formula is C12H9FN2OS. The second-order valence-corrected chi connectivity index (χ2v) is 4.26. The van der Waals surface area contributed by atoms with Crippen molar-refractivity contribution in [1.29, 1.82) is 0 Å². The fraction of sp³-hybridized carbons (Fsp3) is 0.0833. The van der Waals surface area contributed by atoms with Gasteiger partial charge in [0.05, 0.1) is 11.9 Å². The number of thioether (sulfide) groups is 1. The number of aromatic nitrogens is 2. The molecule has 1 aromatic heterocycles. The monoisotopic (exact) mass is 248 g/mol. The zero-order valence-corrected chi connectivity index (χ0v) is 9.65. The number of carbonyl (C=O) groups excluding carboxylic acids is 1. The summed E-state index contributed by atoms with van der Waals surface area (Å²) in [5.74, 6) is -0.303. The predicted octanol–water partition coefficient (Wildman–Crippen LogP) is 2.59. The zero-order valence-electron chi connectivity index (χ0n) is 8.84. The van der Waals surface area contributed by atoms with Gasteiger partial charge in [-0.05, 0) is 12.1 Å². The molecule has 1 aromatic carbocycles. The average Bonchev–Trinajstić information content (AvgIpc) is 2.37. The Labute approximate surface area is 102 Å². The van der Waals surface area contributed by atoms with E-state index in [2.05, 4.69) is 9.97 Å². The van der Waals surface area contributed by atoms with E-state index in [-0.39, 0.29) is 11.5 Å². The summed E-state index contributed by atoms with van der Waals surface area (Å²) in [4.78, 5) is 19.7. The molecule has 0 N–H and O–H groups in total. The number of carbonyl (C=O) groups is 1. The van der Waals surface area contributed by atoms with Crippen LogP contribution in [0.25, 0.3) is 0 Å². The van der Waals surface area contributed by atoms with Crippen LogP contribution in [0.5, 0.6) is 0 Å². The number of ketones is 1. The first kappa shape index (κ1) is 11.7. The lowest BCUT2D eigenvalue weighted by Crippen LogP contribution is -2.02. The van der Waals surface area contributed by atoms with Crippen molar-refractivity contribution in [3.05, 3.63) is 54.2 Å². The predicted molar refractivity (Wildman–Crippen MR) is 63.5 cm³/mol. The molecular weight excluding hydrogens is 239 g/mol. The lowest BCUT2D eigenvalue weighted by atomic mass is 10.1. The summed E-state index contributed by atoms with van der Waals surface area (Å²) in [5, 5.41) is 0.678. The number of rotatable bonds is 4. The highest BCUT2D eigenvalue weighted by Crippen LogP contribution is 2.15. The molecule has 0 aliphatic rings. The molecule has 2 rings (SSSR count). The Hall–Kier alpha value is -1.75. The first-order valence-corrected chi connectivity index (χ1v) is 5.92. The third-order valence-electron chi connectivity index (χ3n) is 2.04. The number of halogens is 1. The van der Waals surface area contributed by atoms with E-state index in [0.717, 1.165) is 0 Å². The first-order valence-electron chi connectivity index (χ1n) is 4.93. The Morgan fingerprint density at radius 2 is 2.24 bits per heavy atom. The number of hydrogen-bond donors (Lipinski definition) is 0. The van der Waals surface area contributed by atoms with Gasteiger partial charge in [0.15, 0.2) is 5.78 Å². The minimum atomic E-state index is -0.402. The fourth-order valence-corrected chi connectivity index (χ4v) is 1.96. The van der Waals surface area contributed by atoms with Gasteiger partial charge in [-0.15, -0.1) is 0 Å². The molecule has 0 saturated carbocycles. The van der Waals surface area contributed by atoms with Gasteiger partial charge < -0.3 is 0 Å². The topological polar surface area (TPSA) is 42.9 Å². The van der Waals surface area contributed by atoms with Gasteiger partial charge in [-0.3, -0.25) is 9.78 Å². The Morgan fingerprint density at radius 1 is 1.35 bits per heavy atom. The molecule has 2 aromatic rings. The molecule has 0 fully saturated rings. The summed E-state index contributed by atoms with van der Waals surface area (Å²) in [6.07, 6.45) is 4.72. The Balaban J connectivity index is 1.98. The summed E-state index contributed by atoms with van der Waals surface area (Å²) in [6, 6.07) is 5.67. The van der Waals surface area contributed by atoms with E-state index in [1.807, 2.05) is 0 Å². The molecule has 0 amide bonds. The number of nitrogens with zero attached hydrogens (tertiary/aromatic N) is 2. The summed E-state index contributed by atoms with van der Waals surface area (Å²) in [7, 11) is 0. The van der Waals surface area contributed by atoms with Gasteiger partial charge in [0.25, 0.3) is 0 Å². The highest BCUT2D eigenvalue weighted by atomic mass is 32.2. The first-order chi connectivity index (χ1) is 8.25. The minimum Gasteiger partial charge on any atom is -0.293 e. The van der Waals surface area contributed by atoms with Crippen LogP contribution in [0.2, 0.25) is 0 Å². The average molecular weight is 248 g/mol. The number of benzene rings is 1. The molecule has 0 unspecified atom stereocenters. The maximum atomic E-state index is 12.9. The quantitative estimate of drug-likeness (QED) is 0.616. The molecule has 86 valence electrons. The van der Waals surface area contributed by atoms with Crippen molar-refractivity contribution >= 4 is 17.5 Å². The number of Topliss-reactive ketones (excluding diaryl/α,β-unsaturated/α-hetero) is 1. The molecule has 5 heteroatoms. The van der Waals surface area contributed by atoms with Crippen molar-refractivity contribution < 1.29 is 9.18 Å². The Morgan fingerprint density at radius 3 is 2.94 bits per heavy atom. The van der Waals surface area contributed by atoms with Crippen molar-refractivity contribution in [3.63, 3.8) is 0 Å². The molecule has 0 saturated heterocycles. The maximum absolute atomic E-state index is 12.9. The van der Waals surface area contributed by atoms with E-state index < -0.39 is 5.82 Å². The largest absolute Gasteiger partial charge is 0.293 e. The van der Waals surface area contributed by atoms with E-state index in [9.17, 15) is 9.18 Å². The smallest absolute Gasteiger partial charge is 0.173 e. The molecule has 0 bridgehead atoms. The van der Waals surface area contributed by atoms with Crippen LogP contribution in [0.15, 0.2) is 47.9 Å². The van der Waals surface area contributed by atoms with Gasteiger partial charge in [-0.1, -0.05) is 23.9 Å². The minimum absolute atomic E-state index is 0.125. The van der Waals surface area contributed by atoms with Crippen molar-refractivity contribution in [2.24, 2.45) is 0 Å². The van der Waals surface area contributed by atoms with E-state index in [1.54, 1.807) is 24.7 Å². The maximum Gasteiger partial charge on any atom is 0.173 e. The second kappa shape index (κ2) is 5.54. The van der Waals surface area contributed by atoms with Crippen LogP contribution in [0.3, 0.4) is 0 Å². The van der Waals surface area contributed by atoms with Crippen LogP contribution >= 0.6 is 11.8 Å². The van der Waals surface area contributed by atoms with E-state index >= 15 is 0 Å². The molecule has 0 spiro atoms. The molecule has 0 aliphatic carbocycles. The van der Waals surface area contributed by atoms with Crippen molar-refractivity contribution in [1.82, 2.24) is 9.97 Å². The Bertz CT molecular complexity index is 519. The van der Waals surface area contributed by atoms with Gasteiger partial charge in [0.1, 0.15) is 10.8 Å². The summed E-state index contributed by atoms with van der Waals surface area (Å²) >= 11 is 1.28. The van der Waals surface area contributed by atoms with Crippen LogP contribution in [0.1, 0.15) is 10.4 Å². The highest BCUT2D eigenvalue weighted by molar-refractivity contribution is 7.99. The molecule has 1 heterocycles. The standard InChI is InChI=1S/C12H9FN2OS/c13-10-3-1-2-9(6-10)11(16)8-17-12-7-14-4-5-15-12/h1-7H,8H2. The molecule has 0 aliphatic heterocycles. The second-order valence-electron chi connectivity index (χ2n) is 3.27. The molecule has 3 nitrogen and oxygen atoms in total. The van der Waals surface area contributed by atoms with Crippen molar-refractivity contribution in [2.45, 2.75) is 5.03 Å². The molecule has 0 atom stereocenters. The van der Waals surface area contributed by atoms with Gasteiger partial charge >= 0.3 is 0 Å². The lowest BCUT2D eigenvalue weighted by molar-refractivity contribution is 0.102. The van der Waals surface area contributed by atoms with Gasteiger partial charge in [-0.2, -0.15) is 0 Å². The summed E-state index contributed by atoms with van der Waals surface area (Å²) < 4.78 is 12.9. The number of hydrogen-bond acceptors (Lipinski definition) is 4. The highest BCUT2D eigenvalue weighted by Gasteiger charge is 2.07. The molecule has 0 radical (unpaired) electrons. The third-order valence-corrected chi connectivity index (χ3v) is 2.95. The third kappa shape index (κ3) is 3.35. The van der Waals surface area contributed by atoms with E-state index in [1.165, 1.54) is 30.0 Å². The molecule has 17 heavy (non-hydrogen) atoms. The summed E-state index contributed by atoms with van der Waals surface area (Å²) in [6.45, 7) is 0. The van der Waals surface area contributed by atoms with Gasteiger partial charge in [0.2, 0.25) is 0 Å². The van der Waals surface area contributed by atoms with Crippen molar-refractivity contribution in [2.75, 3.05) is 5.75 Å². The van der Waals surface area contributed by atoms with Gasteiger partial charge in [0, 0.05) is 18.0 Å². The van der Waals surface area contributed by atoms with Crippen LogP contribution in [0.4, 0.5) is 4.39 Å².